The maximum Gasteiger partial charge on any atom is 0.257 e. The van der Waals surface area contributed by atoms with Crippen molar-refractivity contribution in [2.45, 2.75) is 13.5 Å². The third-order valence-corrected chi connectivity index (χ3v) is 2.62. The zero-order valence-electron chi connectivity index (χ0n) is 12.4. The van der Waals surface area contributed by atoms with Gasteiger partial charge in [-0.1, -0.05) is 0 Å². The Morgan fingerprint density at radius 2 is 1.80 bits per heavy atom. The molecule has 0 aliphatic heterocycles. The number of hydrogen-bond acceptors (Lipinski definition) is 5. The molecule has 1 aromatic rings. The second kappa shape index (κ2) is 8.27. The van der Waals surface area contributed by atoms with Crippen molar-refractivity contribution in [3.05, 3.63) is 17.7 Å². The van der Waals surface area contributed by atoms with Crippen molar-refractivity contribution in [1.82, 2.24) is 10.6 Å². The van der Waals surface area contributed by atoms with Crippen LogP contribution < -0.4 is 24.8 Å². The third kappa shape index (κ3) is 4.31. The van der Waals surface area contributed by atoms with Gasteiger partial charge in [-0.05, 0) is 31.7 Å². The van der Waals surface area contributed by atoms with Crippen molar-refractivity contribution in [2.75, 3.05) is 34.4 Å². The van der Waals surface area contributed by atoms with Gasteiger partial charge in [-0.25, -0.2) is 0 Å². The van der Waals surface area contributed by atoms with Crippen molar-refractivity contribution >= 4 is 5.91 Å². The predicted molar refractivity (Wildman–Crippen MR) is 76.5 cm³/mol. The van der Waals surface area contributed by atoms with E-state index < -0.39 is 0 Å². The number of likely N-dealkylation sites (N-methyl/N-ethyl adjacent to an activating group) is 1. The summed E-state index contributed by atoms with van der Waals surface area (Å²) >= 11 is 0. The maximum absolute atomic E-state index is 11.5. The Hall–Kier alpha value is -1.95. The van der Waals surface area contributed by atoms with Gasteiger partial charge in [0.1, 0.15) is 0 Å². The second-order valence-electron chi connectivity index (χ2n) is 4.10. The first-order chi connectivity index (χ1) is 9.65. The first kappa shape index (κ1) is 16.1. The number of carbonyl (C=O) groups excluding carboxylic acids is 1. The van der Waals surface area contributed by atoms with Gasteiger partial charge in [0.25, 0.3) is 5.91 Å². The van der Waals surface area contributed by atoms with E-state index in [1.807, 2.05) is 26.1 Å². The summed E-state index contributed by atoms with van der Waals surface area (Å²) in [6.07, 6.45) is 0. The van der Waals surface area contributed by atoms with Gasteiger partial charge < -0.3 is 24.8 Å². The number of carbonyl (C=O) groups is 1. The van der Waals surface area contributed by atoms with Crippen LogP contribution in [0.25, 0.3) is 0 Å². The molecule has 0 bridgehead atoms. The first-order valence-corrected chi connectivity index (χ1v) is 6.45. The molecule has 1 aromatic carbocycles. The van der Waals surface area contributed by atoms with Gasteiger partial charge in [0.2, 0.25) is 5.75 Å². The highest BCUT2D eigenvalue weighted by molar-refractivity contribution is 5.77. The van der Waals surface area contributed by atoms with Crippen LogP contribution in [0.5, 0.6) is 17.2 Å². The Morgan fingerprint density at radius 1 is 1.20 bits per heavy atom. The predicted octanol–water partition coefficient (Wildman–Crippen LogP) is 0.938. The smallest absolute Gasteiger partial charge is 0.257 e. The normalized spacial score (nSPS) is 10.0. The molecule has 112 valence electrons. The van der Waals surface area contributed by atoms with Crippen LogP contribution in [0.2, 0.25) is 0 Å². The van der Waals surface area contributed by atoms with Crippen molar-refractivity contribution in [1.29, 1.82) is 0 Å². The fourth-order valence-electron chi connectivity index (χ4n) is 1.77. The Balaban J connectivity index is 2.94. The van der Waals surface area contributed by atoms with Crippen LogP contribution in [0.15, 0.2) is 12.1 Å². The number of ether oxygens (including phenoxy) is 3. The highest BCUT2D eigenvalue weighted by atomic mass is 16.5. The Morgan fingerprint density at radius 3 is 2.25 bits per heavy atom. The topological polar surface area (TPSA) is 68.8 Å². The molecule has 1 rings (SSSR count). The molecule has 0 aliphatic rings. The quantitative estimate of drug-likeness (QED) is 0.742. The molecule has 0 unspecified atom stereocenters. The minimum Gasteiger partial charge on any atom is -0.493 e. The second-order valence-corrected chi connectivity index (χ2v) is 4.10. The van der Waals surface area contributed by atoms with Gasteiger partial charge >= 0.3 is 0 Å². The van der Waals surface area contributed by atoms with E-state index in [0.717, 1.165) is 5.56 Å². The molecule has 0 aromatic heterocycles. The number of amides is 1. The molecule has 0 aliphatic carbocycles. The van der Waals surface area contributed by atoms with E-state index >= 15 is 0 Å². The molecule has 0 fully saturated rings. The number of benzene rings is 1. The van der Waals surface area contributed by atoms with Gasteiger partial charge in [-0.15, -0.1) is 0 Å². The van der Waals surface area contributed by atoms with E-state index in [9.17, 15) is 4.79 Å². The zero-order valence-corrected chi connectivity index (χ0v) is 12.4. The molecule has 0 saturated heterocycles. The van der Waals surface area contributed by atoms with E-state index in [4.69, 9.17) is 14.2 Å². The van der Waals surface area contributed by atoms with Gasteiger partial charge in [-0.2, -0.15) is 0 Å². The van der Waals surface area contributed by atoms with Crippen molar-refractivity contribution in [2.24, 2.45) is 0 Å². The van der Waals surface area contributed by atoms with E-state index in [2.05, 4.69) is 10.6 Å². The standard InChI is InChI=1S/C14H22N2O4/c1-5-16-13(17)9-20-14-11(18-3)6-10(8-15-2)7-12(14)19-4/h6-7,15H,5,8-9H2,1-4H3,(H,16,17). The minimum absolute atomic E-state index is 0.0774. The monoisotopic (exact) mass is 282 g/mol. The molecule has 2 N–H and O–H groups in total. The Bertz CT molecular complexity index is 424. The summed E-state index contributed by atoms with van der Waals surface area (Å²) in [7, 11) is 4.96. The molecule has 20 heavy (non-hydrogen) atoms. The first-order valence-electron chi connectivity index (χ1n) is 6.45. The SMILES string of the molecule is CCNC(=O)COc1c(OC)cc(CNC)cc1OC. The summed E-state index contributed by atoms with van der Waals surface area (Å²) in [4.78, 5) is 11.5. The van der Waals surface area contributed by atoms with Crippen LogP contribution in [0.1, 0.15) is 12.5 Å². The number of nitrogens with one attached hydrogen (secondary N) is 2. The summed E-state index contributed by atoms with van der Waals surface area (Å²) in [5.41, 5.74) is 1.01. The lowest BCUT2D eigenvalue weighted by Crippen LogP contribution is -2.28. The lowest BCUT2D eigenvalue weighted by molar-refractivity contribution is -0.123. The van der Waals surface area contributed by atoms with Crippen molar-refractivity contribution in [3.8, 4) is 17.2 Å². The van der Waals surface area contributed by atoms with Crippen LogP contribution >= 0.6 is 0 Å². The Labute approximate surface area is 119 Å². The van der Waals surface area contributed by atoms with Crippen LogP contribution in [-0.2, 0) is 11.3 Å². The van der Waals surface area contributed by atoms with E-state index in [-0.39, 0.29) is 12.5 Å². The molecule has 0 saturated carbocycles. The molecule has 0 heterocycles. The van der Waals surface area contributed by atoms with Crippen molar-refractivity contribution < 1.29 is 19.0 Å². The highest BCUT2D eigenvalue weighted by Crippen LogP contribution is 2.38. The van der Waals surface area contributed by atoms with Crippen LogP contribution in [0.3, 0.4) is 0 Å². The maximum atomic E-state index is 11.5. The molecule has 0 radical (unpaired) electrons. The van der Waals surface area contributed by atoms with E-state index in [1.165, 1.54) is 0 Å². The number of methoxy groups -OCH3 is 2. The highest BCUT2D eigenvalue weighted by Gasteiger charge is 2.15. The lowest BCUT2D eigenvalue weighted by Gasteiger charge is -2.16. The summed E-state index contributed by atoms with van der Waals surface area (Å²) in [6.45, 7) is 3.03. The molecular formula is C14H22N2O4. The molecular weight excluding hydrogens is 260 g/mol. The summed E-state index contributed by atoms with van der Waals surface area (Å²) < 4.78 is 16.1. The van der Waals surface area contributed by atoms with E-state index in [1.54, 1.807) is 14.2 Å². The molecule has 6 nitrogen and oxygen atoms in total. The largest absolute Gasteiger partial charge is 0.493 e. The van der Waals surface area contributed by atoms with Gasteiger partial charge in [-0.3, -0.25) is 4.79 Å². The molecule has 0 spiro atoms. The Kier molecular flexibility index (Phi) is 6.66. The molecule has 0 atom stereocenters. The van der Waals surface area contributed by atoms with Crippen molar-refractivity contribution in [3.63, 3.8) is 0 Å². The zero-order chi connectivity index (χ0) is 15.0. The van der Waals surface area contributed by atoms with Crippen LogP contribution in [0, 0.1) is 0 Å². The van der Waals surface area contributed by atoms with Gasteiger partial charge in [0.15, 0.2) is 18.1 Å². The van der Waals surface area contributed by atoms with E-state index in [0.29, 0.717) is 30.3 Å². The third-order valence-electron chi connectivity index (χ3n) is 2.62. The molecule has 6 heteroatoms. The minimum atomic E-state index is -0.184. The van der Waals surface area contributed by atoms with Gasteiger partial charge in [0.05, 0.1) is 14.2 Å². The average molecular weight is 282 g/mol. The molecule has 1 amide bonds. The fraction of sp³-hybridized carbons (Fsp3) is 0.500. The summed E-state index contributed by atoms with van der Waals surface area (Å²) in [5, 5.41) is 5.72. The number of rotatable bonds is 8. The number of hydrogen-bond donors (Lipinski definition) is 2. The summed E-state index contributed by atoms with van der Waals surface area (Å²) in [5.74, 6) is 1.33. The van der Waals surface area contributed by atoms with Crippen LogP contribution in [0.4, 0.5) is 0 Å². The summed E-state index contributed by atoms with van der Waals surface area (Å²) in [6, 6.07) is 3.71. The average Bonchev–Trinajstić information content (AvgIpc) is 2.45. The fourth-order valence-corrected chi connectivity index (χ4v) is 1.77. The van der Waals surface area contributed by atoms with Crippen LogP contribution in [-0.4, -0.2) is 40.3 Å². The lowest BCUT2D eigenvalue weighted by atomic mass is 10.2. The van der Waals surface area contributed by atoms with Gasteiger partial charge in [0, 0.05) is 13.1 Å².